The van der Waals surface area contributed by atoms with Gasteiger partial charge in [-0.05, 0) is 47.6 Å². The Morgan fingerprint density at radius 2 is 1.58 bits per heavy atom. The van der Waals surface area contributed by atoms with Gasteiger partial charge in [0.05, 0.1) is 12.7 Å². The van der Waals surface area contributed by atoms with Gasteiger partial charge in [0, 0.05) is 5.57 Å². The van der Waals surface area contributed by atoms with E-state index in [2.05, 4.69) is 4.74 Å². The van der Waals surface area contributed by atoms with Crippen molar-refractivity contribution in [3.8, 4) is 0 Å². The Hall–Kier alpha value is -2.36. The van der Waals surface area contributed by atoms with Gasteiger partial charge in [-0.25, -0.2) is 9.59 Å². The van der Waals surface area contributed by atoms with Crippen LogP contribution in [0, 0.1) is 0 Å². The Bertz CT molecular complexity index is 594. The van der Waals surface area contributed by atoms with E-state index >= 15 is 0 Å². The van der Waals surface area contributed by atoms with E-state index in [4.69, 9.17) is 4.74 Å². The summed E-state index contributed by atoms with van der Waals surface area (Å²) in [4.78, 5) is 23.2. The Kier molecular flexibility index (Phi) is 9.40. The molecule has 24 heavy (non-hydrogen) atoms. The van der Waals surface area contributed by atoms with Crippen LogP contribution in [-0.2, 0) is 19.1 Å². The number of hydrogen-bond acceptors (Lipinski definition) is 4. The first kappa shape index (κ1) is 21.6. The lowest BCUT2D eigenvalue weighted by Crippen LogP contribution is -2.24. The molecule has 0 N–H and O–H groups in total. The van der Waals surface area contributed by atoms with Crippen LogP contribution in [0.2, 0.25) is 0 Å². The van der Waals surface area contributed by atoms with Crippen LogP contribution >= 0.6 is 0 Å². The van der Waals surface area contributed by atoms with E-state index in [9.17, 15) is 9.59 Å². The molecule has 0 saturated carbocycles. The fourth-order valence-corrected chi connectivity index (χ4v) is 1.59. The summed E-state index contributed by atoms with van der Waals surface area (Å²) >= 11 is 0. The summed E-state index contributed by atoms with van der Waals surface area (Å²) in [6, 6.07) is 0. The van der Waals surface area contributed by atoms with Crippen LogP contribution in [0.1, 0.15) is 41.5 Å². The molecule has 0 aromatic heterocycles. The van der Waals surface area contributed by atoms with Crippen molar-refractivity contribution in [2.75, 3.05) is 7.11 Å². The van der Waals surface area contributed by atoms with Crippen LogP contribution in [0.3, 0.4) is 0 Å². The number of rotatable bonds is 6. The summed E-state index contributed by atoms with van der Waals surface area (Å²) in [7, 11) is 1.35. The van der Waals surface area contributed by atoms with E-state index in [1.54, 1.807) is 44.2 Å². The van der Waals surface area contributed by atoms with E-state index in [0.29, 0.717) is 11.1 Å². The predicted octanol–water partition coefficient (Wildman–Crippen LogP) is 4.45. The Labute approximate surface area is 145 Å². The average molecular weight is 332 g/mol. The van der Waals surface area contributed by atoms with E-state index < -0.39 is 5.60 Å². The van der Waals surface area contributed by atoms with Gasteiger partial charge in [-0.2, -0.15) is 0 Å². The molecule has 0 radical (unpaired) electrons. The highest BCUT2D eigenvalue weighted by molar-refractivity contribution is 5.92. The van der Waals surface area contributed by atoms with E-state index in [1.807, 2.05) is 39.8 Å². The van der Waals surface area contributed by atoms with E-state index in [0.717, 1.165) is 5.57 Å². The molecule has 0 aliphatic rings. The molecule has 4 heteroatoms. The average Bonchev–Trinajstić information content (AvgIpc) is 2.49. The molecule has 0 unspecified atom stereocenters. The van der Waals surface area contributed by atoms with Gasteiger partial charge in [-0.1, -0.05) is 42.0 Å². The standard InChI is InChI=1S/C20H28O4/c1-8-17(19(22)24-20(4,5)6)14-15(2)12-10-9-11-13-16(3)18(21)23-7/h8-14H,1-7H3/b11-9+,12-10+,15-14+,16-13+,17-8+. The highest BCUT2D eigenvalue weighted by atomic mass is 16.6. The van der Waals surface area contributed by atoms with E-state index in [-0.39, 0.29) is 11.9 Å². The molecule has 0 atom stereocenters. The zero-order valence-electron chi connectivity index (χ0n) is 15.7. The second-order valence-electron chi connectivity index (χ2n) is 6.22. The second kappa shape index (κ2) is 10.4. The van der Waals surface area contributed by atoms with Crippen LogP contribution in [0.15, 0.2) is 59.3 Å². The Balaban J connectivity index is 4.84. The number of allylic oxidation sites excluding steroid dienone is 7. The van der Waals surface area contributed by atoms with Gasteiger partial charge < -0.3 is 9.47 Å². The van der Waals surface area contributed by atoms with Gasteiger partial charge in [0.15, 0.2) is 0 Å². The summed E-state index contributed by atoms with van der Waals surface area (Å²) in [6.07, 6.45) is 12.4. The van der Waals surface area contributed by atoms with Gasteiger partial charge in [-0.3, -0.25) is 0 Å². The number of esters is 2. The second-order valence-corrected chi connectivity index (χ2v) is 6.22. The molecule has 0 aliphatic carbocycles. The summed E-state index contributed by atoms with van der Waals surface area (Å²) < 4.78 is 9.95. The van der Waals surface area contributed by atoms with Crippen molar-refractivity contribution in [1.29, 1.82) is 0 Å². The van der Waals surface area contributed by atoms with Crippen molar-refractivity contribution < 1.29 is 19.1 Å². The maximum Gasteiger partial charge on any atom is 0.338 e. The molecule has 0 aliphatic heterocycles. The fourth-order valence-electron chi connectivity index (χ4n) is 1.59. The van der Waals surface area contributed by atoms with Gasteiger partial charge in [-0.15, -0.1) is 0 Å². The van der Waals surface area contributed by atoms with Crippen LogP contribution in [0.25, 0.3) is 0 Å². The molecular formula is C20H28O4. The van der Waals surface area contributed by atoms with Crippen LogP contribution in [0.4, 0.5) is 0 Å². The van der Waals surface area contributed by atoms with Crippen molar-refractivity contribution in [2.45, 2.75) is 47.1 Å². The fraction of sp³-hybridized carbons (Fsp3) is 0.400. The smallest absolute Gasteiger partial charge is 0.338 e. The molecule has 0 saturated heterocycles. The molecule has 0 rings (SSSR count). The monoisotopic (exact) mass is 332 g/mol. The highest BCUT2D eigenvalue weighted by Crippen LogP contribution is 2.13. The van der Waals surface area contributed by atoms with Crippen molar-refractivity contribution in [1.82, 2.24) is 0 Å². The largest absolute Gasteiger partial charge is 0.466 e. The SMILES string of the molecule is C\C=C(/C=C(C)/C=C/C=C/C=C(\C)C(=O)OC)C(=O)OC(C)(C)C. The number of carbonyl (C=O) groups excluding carboxylic acids is 2. The minimum atomic E-state index is -0.518. The topological polar surface area (TPSA) is 52.6 Å². The summed E-state index contributed by atoms with van der Waals surface area (Å²) in [5, 5.41) is 0. The number of ether oxygens (including phenoxy) is 2. The van der Waals surface area contributed by atoms with Gasteiger partial charge in [0.1, 0.15) is 5.60 Å². The van der Waals surface area contributed by atoms with Gasteiger partial charge in [0.2, 0.25) is 0 Å². The maximum atomic E-state index is 12.0. The molecule has 0 heterocycles. The lowest BCUT2D eigenvalue weighted by molar-refractivity contribution is -0.149. The zero-order chi connectivity index (χ0) is 18.8. The summed E-state index contributed by atoms with van der Waals surface area (Å²) in [5.74, 6) is -0.695. The van der Waals surface area contributed by atoms with Crippen molar-refractivity contribution in [3.05, 3.63) is 59.3 Å². The summed E-state index contributed by atoms with van der Waals surface area (Å²) in [5.41, 5.74) is 1.43. The quantitative estimate of drug-likeness (QED) is 0.409. The first-order chi connectivity index (χ1) is 11.1. The van der Waals surface area contributed by atoms with Crippen molar-refractivity contribution in [2.24, 2.45) is 0 Å². The molecule has 0 bridgehead atoms. The maximum absolute atomic E-state index is 12.0. The normalized spacial score (nSPS) is 14.4. The first-order valence-corrected chi connectivity index (χ1v) is 7.78. The highest BCUT2D eigenvalue weighted by Gasteiger charge is 2.18. The summed E-state index contributed by atoms with van der Waals surface area (Å²) in [6.45, 7) is 10.9. The number of hydrogen-bond donors (Lipinski definition) is 0. The lowest BCUT2D eigenvalue weighted by atomic mass is 10.1. The third-order valence-electron chi connectivity index (χ3n) is 2.76. The Morgan fingerprint density at radius 3 is 2.08 bits per heavy atom. The Morgan fingerprint density at radius 1 is 0.958 bits per heavy atom. The van der Waals surface area contributed by atoms with Gasteiger partial charge >= 0.3 is 11.9 Å². The molecular weight excluding hydrogens is 304 g/mol. The third kappa shape index (κ3) is 9.62. The molecule has 132 valence electrons. The molecule has 0 spiro atoms. The molecule has 0 amide bonds. The number of methoxy groups -OCH3 is 1. The molecule has 0 aromatic rings. The van der Waals surface area contributed by atoms with Crippen LogP contribution in [0.5, 0.6) is 0 Å². The van der Waals surface area contributed by atoms with Crippen molar-refractivity contribution in [3.63, 3.8) is 0 Å². The zero-order valence-corrected chi connectivity index (χ0v) is 15.7. The van der Waals surface area contributed by atoms with Crippen LogP contribution in [-0.4, -0.2) is 24.6 Å². The first-order valence-electron chi connectivity index (χ1n) is 7.78. The third-order valence-corrected chi connectivity index (χ3v) is 2.76. The lowest BCUT2D eigenvalue weighted by Gasteiger charge is -2.19. The minimum Gasteiger partial charge on any atom is -0.466 e. The molecule has 0 aromatic carbocycles. The van der Waals surface area contributed by atoms with Crippen molar-refractivity contribution >= 4 is 11.9 Å². The minimum absolute atomic E-state index is 0.343. The van der Waals surface area contributed by atoms with Crippen LogP contribution < -0.4 is 0 Å². The predicted molar refractivity (Wildman–Crippen MR) is 97.4 cm³/mol. The van der Waals surface area contributed by atoms with E-state index in [1.165, 1.54) is 7.11 Å². The van der Waals surface area contributed by atoms with Gasteiger partial charge in [0.25, 0.3) is 0 Å². The number of carbonyl (C=O) groups is 2. The molecule has 0 fully saturated rings. The molecule has 4 nitrogen and oxygen atoms in total.